The lowest BCUT2D eigenvalue weighted by Crippen LogP contribution is -2.40. The molecule has 8 nitrogen and oxygen atoms in total. The van der Waals surface area contributed by atoms with Crippen molar-refractivity contribution in [2.45, 2.75) is 70.7 Å². The SMILES string of the molecule is CCCCNC(=O)NC(=O)CSc1nc2sc(C)c(CC)c2c(=O)n1CC1CCCO1. The second-order valence-corrected chi connectivity index (χ2v) is 9.71. The summed E-state index contributed by atoms with van der Waals surface area (Å²) < 4.78 is 7.38. The molecule has 31 heavy (non-hydrogen) atoms. The normalized spacial score (nSPS) is 16.0. The quantitative estimate of drug-likeness (QED) is 0.334. The van der Waals surface area contributed by atoms with Crippen LogP contribution in [0.25, 0.3) is 10.2 Å². The van der Waals surface area contributed by atoms with Crippen LogP contribution in [0.3, 0.4) is 0 Å². The summed E-state index contributed by atoms with van der Waals surface area (Å²) in [6, 6.07) is -0.499. The Bertz CT molecular complexity index is 995. The zero-order chi connectivity index (χ0) is 22.4. The number of nitrogens with zero attached hydrogens (tertiary/aromatic N) is 2. The van der Waals surface area contributed by atoms with Crippen LogP contribution in [0.15, 0.2) is 9.95 Å². The highest BCUT2D eigenvalue weighted by atomic mass is 32.2. The number of thioether (sulfide) groups is 1. The first-order chi connectivity index (χ1) is 14.9. The van der Waals surface area contributed by atoms with Gasteiger partial charge in [0.15, 0.2) is 5.16 Å². The molecule has 1 aliphatic heterocycles. The number of rotatable bonds is 9. The maximum Gasteiger partial charge on any atom is 0.321 e. The Labute approximate surface area is 190 Å². The van der Waals surface area contributed by atoms with Crippen LogP contribution in [0.4, 0.5) is 4.79 Å². The summed E-state index contributed by atoms with van der Waals surface area (Å²) in [5.74, 6) is -0.427. The molecule has 2 N–H and O–H groups in total. The second kappa shape index (κ2) is 11.1. The van der Waals surface area contributed by atoms with Crippen molar-refractivity contribution >= 4 is 45.3 Å². The fraction of sp³-hybridized carbons (Fsp3) is 0.619. The molecule has 2 aromatic rings. The summed E-state index contributed by atoms with van der Waals surface area (Å²) in [4.78, 5) is 44.0. The molecular weight excluding hydrogens is 436 g/mol. The molecule has 0 spiro atoms. The van der Waals surface area contributed by atoms with Crippen LogP contribution in [0.5, 0.6) is 0 Å². The van der Waals surface area contributed by atoms with Gasteiger partial charge in [0.05, 0.1) is 23.8 Å². The van der Waals surface area contributed by atoms with Gasteiger partial charge in [0.1, 0.15) is 4.83 Å². The molecule has 0 radical (unpaired) electrons. The number of thiophene rings is 1. The first-order valence-electron chi connectivity index (χ1n) is 10.8. The smallest absolute Gasteiger partial charge is 0.321 e. The molecule has 2 aromatic heterocycles. The van der Waals surface area contributed by atoms with E-state index in [9.17, 15) is 14.4 Å². The minimum atomic E-state index is -0.499. The summed E-state index contributed by atoms with van der Waals surface area (Å²) >= 11 is 2.68. The Balaban J connectivity index is 1.80. The summed E-state index contributed by atoms with van der Waals surface area (Å²) in [6.45, 7) is 7.72. The lowest BCUT2D eigenvalue weighted by Gasteiger charge is -2.16. The van der Waals surface area contributed by atoms with Gasteiger partial charge in [0.25, 0.3) is 5.56 Å². The van der Waals surface area contributed by atoms with E-state index in [0.29, 0.717) is 35.1 Å². The standard InChI is InChI=1S/C21H30N4O4S2/c1-4-6-9-22-20(28)23-16(26)12-30-21-24-18-17(15(5-2)13(3)31-18)19(27)25(21)11-14-8-7-10-29-14/h14H,4-12H2,1-3H3,(H2,22,23,26,28). The highest BCUT2D eigenvalue weighted by Gasteiger charge is 2.23. The zero-order valence-corrected chi connectivity index (χ0v) is 19.9. The van der Waals surface area contributed by atoms with E-state index in [1.54, 1.807) is 4.57 Å². The van der Waals surface area contributed by atoms with E-state index in [0.717, 1.165) is 42.5 Å². The van der Waals surface area contributed by atoms with Crippen molar-refractivity contribution in [3.63, 3.8) is 0 Å². The number of carbonyl (C=O) groups excluding carboxylic acids is 2. The number of amides is 3. The minimum absolute atomic E-state index is 0.00431. The summed E-state index contributed by atoms with van der Waals surface area (Å²) in [5, 5.41) is 6.14. The lowest BCUT2D eigenvalue weighted by atomic mass is 10.1. The molecular formula is C21H30N4O4S2. The van der Waals surface area contributed by atoms with Crippen molar-refractivity contribution in [1.29, 1.82) is 0 Å². The predicted molar refractivity (Wildman–Crippen MR) is 124 cm³/mol. The third kappa shape index (κ3) is 5.87. The predicted octanol–water partition coefficient (Wildman–Crippen LogP) is 3.23. The van der Waals surface area contributed by atoms with Crippen molar-refractivity contribution < 1.29 is 14.3 Å². The average molecular weight is 467 g/mol. The van der Waals surface area contributed by atoms with Crippen molar-refractivity contribution in [1.82, 2.24) is 20.2 Å². The highest BCUT2D eigenvalue weighted by molar-refractivity contribution is 7.99. The van der Waals surface area contributed by atoms with Gasteiger partial charge in [-0.3, -0.25) is 19.5 Å². The van der Waals surface area contributed by atoms with Crippen molar-refractivity contribution in [3.8, 4) is 0 Å². The van der Waals surface area contributed by atoms with Crippen LogP contribution in [-0.2, 0) is 22.5 Å². The number of carbonyl (C=O) groups is 2. The second-order valence-electron chi connectivity index (χ2n) is 7.56. The summed E-state index contributed by atoms with van der Waals surface area (Å²) in [6.07, 6.45) is 4.43. The van der Waals surface area contributed by atoms with Gasteiger partial charge in [-0.1, -0.05) is 32.0 Å². The molecule has 3 amide bonds. The van der Waals surface area contributed by atoms with Gasteiger partial charge >= 0.3 is 6.03 Å². The van der Waals surface area contributed by atoms with Gasteiger partial charge in [-0.05, 0) is 38.2 Å². The maximum atomic E-state index is 13.4. The van der Waals surface area contributed by atoms with E-state index in [-0.39, 0.29) is 17.4 Å². The molecule has 0 saturated carbocycles. The third-order valence-electron chi connectivity index (χ3n) is 5.24. The van der Waals surface area contributed by atoms with Crippen LogP contribution < -0.4 is 16.2 Å². The van der Waals surface area contributed by atoms with Gasteiger partial charge in [-0.25, -0.2) is 9.78 Å². The molecule has 3 heterocycles. The van der Waals surface area contributed by atoms with E-state index in [4.69, 9.17) is 9.72 Å². The Morgan fingerprint density at radius 2 is 2.16 bits per heavy atom. The van der Waals surface area contributed by atoms with Crippen molar-refractivity contribution in [2.75, 3.05) is 18.9 Å². The molecule has 0 aliphatic carbocycles. The fourth-order valence-electron chi connectivity index (χ4n) is 3.64. The van der Waals surface area contributed by atoms with E-state index in [2.05, 4.69) is 10.6 Å². The largest absolute Gasteiger partial charge is 0.376 e. The van der Waals surface area contributed by atoms with Crippen molar-refractivity contribution in [3.05, 3.63) is 20.8 Å². The number of imide groups is 1. The number of hydrogen-bond acceptors (Lipinski definition) is 7. The molecule has 0 aromatic carbocycles. The molecule has 1 atom stereocenters. The van der Waals surface area contributed by atoms with Gasteiger partial charge in [0, 0.05) is 18.0 Å². The zero-order valence-electron chi connectivity index (χ0n) is 18.3. The minimum Gasteiger partial charge on any atom is -0.376 e. The number of aromatic nitrogens is 2. The fourth-order valence-corrected chi connectivity index (χ4v) is 5.60. The van der Waals surface area contributed by atoms with Crippen LogP contribution in [0.1, 0.15) is 50.0 Å². The van der Waals surface area contributed by atoms with Gasteiger partial charge < -0.3 is 10.1 Å². The number of urea groups is 1. The molecule has 1 fully saturated rings. The lowest BCUT2D eigenvalue weighted by molar-refractivity contribution is -0.117. The molecule has 170 valence electrons. The topological polar surface area (TPSA) is 102 Å². The first kappa shape index (κ1) is 23.7. The van der Waals surface area contributed by atoms with Crippen LogP contribution >= 0.6 is 23.1 Å². The molecule has 0 bridgehead atoms. The van der Waals surface area contributed by atoms with Crippen molar-refractivity contribution in [2.24, 2.45) is 0 Å². The molecule has 3 rings (SSSR count). The van der Waals surface area contributed by atoms with E-state index in [1.807, 2.05) is 20.8 Å². The number of ether oxygens (including phenoxy) is 1. The Morgan fingerprint density at radius 1 is 1.35 bits per heavy atom. The molecule has 1 saturated heterocycles. The van der Waals surface area contributed by atoms with E-state index < -0.39 is 11.9 Å². The Kier molecular flexibility index (Phi) is 8.50. The molecule has 1 unspecified atom stereocenters. The molecule has 10 heteroatoms. The highest BCUT2D eigenvalue weighted by Crippen LogP contribution is 2.30. The van der Waals surface area contributed by atoms with E-state index in [1.165, 1.54) is 23.1 Å². The third-order valence-corrected chi connectivity index (χ3v) is 7.26. The Morgan fingerprint density at radius 3 is 2.84 bits per heavy atom. The number of aryl methyl sites for hydroxylation is 2. The average Bonchev–Trinajstić information content (AvgIpc) is 3.35. The number of fused-ring (bicyclic) bond motifs is 1. The Hall–Kier alpha value is -1.91. The number of unbranched alkanes of at least 4 members (excludes halogenated alkanes) is 1. The molecule has 1 aliphatic rings. The number of nitrogens with one attached hydrogen (secondary N) is 2. The summed E-state index contributed by atoms with van der Waals surface area (Å²) in [7, 11) is 0. The van der Waals surface area contributed by atoms with Crippen LogP contribution in [0.2, 0.25) is 0 Å². The van der Waals surface area contributed by atoms with Gasteiger partial charge in [-0.15, -0.1) is 11.3 Å². The maximum absolute atomic E-state index is 13.4. The number of hydrogen-bond donors (Lipinski definition) is 2. The van der Waals surface area contributed by atoms with Gasteiger partial charge in [0.2, 0.25) is 5.91 Å². The first-order valence-corrected chi connectivity index (χ1v) is 12.6. The van der Waals surface area contributed by atoms with Crippen LogP contribution in [0, 0.1) is 6.92 Å². The monoisotopic (exact) mass is 466 g/mol. The van der Waals surface area contributed by atoms with Gasteiger partial charge in [-0.2, -0.15) is 0 Å². The van der Waals surface area contributed by atoms with Crippen LogP contribution in [-0.4, -0.2) is 46.5 Å². The van der Waals surface area contributed by atoms with E-state index >= 15 is 0 Å². The summed E-state index contributed by atoms with van der Waals surface area (Å²) in [5.41, 5.74) is 0.957.